The number of aryl methyl sites for hydroxylation is 1. The van der Waals surface area contributed by atoms with Gasteiger partial charge < -0.3 is 10.3 Å². The number of nitrogens with zero attached hydrogens (tertiary/aromatic N) is 1. The molecule has 0 radical (unpaired) electrons. The smallest absolute Gasteiger partial charge is 0.220 e. The van der Waals surface area contributed by atoms with Crippen LogP contribution in [0, 0.1) is 5.92 Å². The van der Waals surface area contributed by atoms with Gasteiger partial charge in [0.15, 0.2) is 0 Å². The highest BCUT2D eigenvalue weighted by atomic mass is 16.1. The third-order valence-electron chi connectivity index (χ3n) is 3.72. The predicted octanol–water partition coefficient (Wildman–Crippen LogP) is 2.43. The number of hydrogen-bond acceptors (Lipinski definition) is 2. The molecule has 1 aromatic heterocycles. The number of aromatic nitrogens is 2. The molecule has 2 N–H and O–H groups in total. The first-order valence-corrected chi connectivity index (χ1v) is 7.09. The fourth-order valence-electron chi connectivity index (χ4n) is 2.64. The average molecular weight is 249 g/mol. The molecule has 1 heterocycles. The molecule has 4 heteroatoms. The third kappa shape index (κ3) is 4.51. The van der Waals surface area contributed by atoms with Gasteiger partial charge in [0.05, 0.1) is 0 Å². The summed E-state index contributed by atoms with van der Waals surface area (Å²) in [5, 5.41) is 2.99. The van der Waals surface area contributed by atoms with Gasteiger partial charge in [0.25, 0.3) is 0 Å². The largest absolute Gasteiger partial charge is 0.356 e. The second-order valence-corrected chi connectivity index (χ2v) is 5.18. The second-order valence-electron chi connectivity index (χ2n) is 5.18. The highest BCUT2D eigenvalue weighted by molar-refractivity contribution is 5.75. The van der Waals surface area contributed by atoms with Crippen molar-refractivity contribution in [1.29, 1.82) is 0 Å². The van der Waals surface area contributed by atoms with Gasteiger partial charge in [-0.1, -0.05) is 25.7 Å². The van der Waals surface area contributed by atoms with Crippen LogP contribution in [0.1, 0.15) is 50.8 Å². The Morgan fingerprint density at radius 2 is 2.28 bits per heavy atom. The van der Waals surface area contributed by atoms with E-state index in [4.69, 9.17) is 0 Å². The maximum Gasteiger partial charge on any atom is 0.220 e. The number of hydrogen-bond donors (Lipinski definition) is 2. The summed E-state index contributed by atoms with van der Waals surface area (Å²) in [6.45, 7) is 0.754. The number of H-pyrrole nitrogens is 1. The lowest BCUT2D eigenvalue weighted by atomic mass is 10.0. The van der Waals surface area contributed by atoms with Crippen molar-refractivity contribution < 1.29 is 4.79 Å². The average Bonchev–Trinajstić information content (AvgIpc) is 3.04. The lowest BCUT2D eigenvalue weighted by Gasteiger charge is -2.08. The number of rotatable bonds is 7. The monoisotopic (exact) mass is 249 g/mol. The zero-order chi connectivity index (χ0) is 12.6. The van der Waals surface area contributed by atoms with Crippen molar-refractivity contribution in [3.63, 3.8) is 0 Å². The van der Waals surface area contributed by atoms with Crippen LogP contribution in [0.2, 0.25) is 0 Å². The van der Waals surface area contributed by atoms with Gasteiger partial charge in [-0.05, 0) is 18.8 Å². The lowest BCUT2D eigenvalue weighted by Crippen LogP contribution is -2.25. The first-order chi connectivity index (χ1) is 8.84. The van der Waals surface area contributed by atoms with E-state index in [1.165, 1.54) is 25.7 Å². The molecule has 0 bridgehead atoms. The van der Waals surface area contributed by atoms with Gasteiger partial charge >= 0.3 is 0 Å². The minimum Gasteiger partial charge on any atom is -0.356 e. The predicted molar refractivity (Wildman–Crippen MR) is 71.1 cm³/mol. The summed E-state index contributed by atoms with van der Waals surface area (Å²) in [6, 6.07) is 0. The number of nitrogens with one attached hydrogen (secondary N) is 2. The van der Waals surface area contributed by atoms with Gasteiger partial charge in [-0.2, -0.15) is 0 Å². The molecule has 0 saturated heterocycles. The van der Waals surface area contributed by atoms with Crippen molar-refractivity contribution in [1.82, 2.24) is 15.3 Å². The highest BCUT2D eigenvalue weighted by Crippen LogP contribution is 2.28. The van der Waals surface area contributed by atoms with Crippen molar-refractivity contribution in [2.75, 3.05) is 6.54 Å². The summed E-state index contributed by atoms with van der Waals surface area (Å²) in [5.41, 5.74) is 0. The van der Waals surface area contributed by atoms with Crippen LogP contribution in [-0.4, -0.2) is 22.4 Å². The topological polar surface area (TPSA) is 57.8 Å². The van der Waals surface area contributed by atoms with E-state index in [0.29, 0.717) is 6.42 Å². The number of carbonyl (C=O) groups is 1. The van der Waals surface area contributed by atoms with E-state index < -0.39 is 0 Å². The third-order valence-corrected chi connectivity index (χ3v) is 3.72. The first kappa shape index (κ1) is 13.1. The lowest BCUT2D eigenvalue weighted by molar-refractivity contribution is -0.121. The zero-order valence-electron chi connectivity index (χ0n) is 11.0. The SMILES string of the molecule is O=C(CCC1CCCC1)NCCCc1ncc[nH]1. The van der Waals surface area contributed by atoms with Gasteiger partial charge in [0, 0.05) is 31.8 Å². The molecule has 0 spiro atoms. The van der Waals surface area contributed by atoms with Crippen molar-refractivity contribution >= 4 is 5.91 Å². The van der Waals surface area contributed by atoms with E-state index in [1.807, 2.05) is 6.20 Å². The maximum absolute atomic E-state index is 11.6. The molecule has 0 aliphatic heterocycles. The maximum atomic E-state index is 11.6. The van der Waals surface area contributed by atoms with E-state index in [-0.39, 0.29) is 5.91 Å². The molecule has 0 aromatic carbocycles. The van der Waals surface area contributed by atoms with Crippen LogP contribution in [0.25, 0.3) is 0 Å². The van der Waals surface area contributed by atoms with E-state index in [2.05, 4.69) is 15.3 Å². The first-order valence-electron chi connectivity index (χ1n) is 7.09. The summed E-state index contributed by atoms with van der Waals surface area (Å²) in [4.78, 5) is 18.8. The van der Waals surface area contributed by atoms with Crippen LogP contribution < -0.4 is 5.32 Å². The molecule has 4 nitrogen and oxygen atoms in total. The molecular formula is C14H23N3O. The number of aromatic amines is 1. The van der Waals surface area contributed by atoms with E-state index in [0.717, 1.165) is 37.5 Å². The molecule has 0 unspecified atom stereocenters. The highest BCUT2D eigenvalue weighted by Gasteiger charge is 2.15. The van der Waals surface area contributed by atoms with Gasteiger partial charge in [0.2, 0.25) is 5.91 Å². The Morgan fingerprint density at radius 1 is 1.44 bits per heavy atom. The Labute approximate surface area is 109 Å². The molecule has 1 aliphatic carbocycles. The number of amides is 1. The molecule has 1 amide bonds. The van der Waals surface area contributed by atoms with Crippen LogP contribution in [0.4, 0.5) is 0 Å². The second kappa shape index (κ2) is 7.19. The summed E-state index contributed by atoms with van der Waals surface area (Å²) in [5.74, 6) is 2.01. The van der Waals surface area contributed by atoms with E-state index in [9.17, 15) is 4.79 Å². The summed E-state index contributed by atoms with van der Waals surface area (Å²) >= 11 is 0. The minimum atomic E-state index is 0.210. The van der Waals surface area contributed by atoms with Crippen molar-refractivity contribution in [2.45, 2.75) is 51.4 Å². The van der Waals surface area contributed by atoms with Gasteiger partial charge in [-0.3, -0.25) is 4.79 Å². The Bertz CT molecular complexity index is 342. The minimum absolute atomic E-state index is 0.210. The number of imidazole rings is 1. The quantitative estimate of drug-likeness (QED) is 0.729. The van der Waals surface area contributed by atoms with Crippen LogP contribution in [-0.2, 0) is 11.2 Å². The van der Waals surface area contributed by atoms with Gasteiger partial charge in [-0.25, -0.2) is 4.98 Å². The molecule has 1 fully saturated rings. The molecule has 18 heavy (non-hydrogen) atoms. The summed E-state index contributed by atoms with van der Waals surface area (Å²) in [7, 11) is 0. The molecule has 1 aliphatic rings. The van der Waals surface area contributed by atoms with E-state index in [1.54, 1.807) is 6.20 Å². The van der Waals surface area contributed by atoms with Crippen LogP contribution in [0.15, 0.2) is 12.4 Å². The number of carbonyl (C=O) groups excluding carboxylic acids is 1. The summed E-state index contributed by atoms with van der Waals surface area (Å²) in [6.07, 6.45) is 12.6. The Hall–Kier alpha value is -1.32. The fourth-order valence-corrected chi connectivity index (χ4v) is 2.64. The standard InChI is InChI=1S/C14H23N3O/c18-14(8-7-12-4-1-2-5-12)17-9-3-6-13-15-10-11-16-13/h10-12H,1-9H2,(H,15,16)(H,17,18). The Balaban J connectivity index is 1.49. The molecule has 1 saturated carbocycles. The van der Waals surface area contributed by atoms with E-state index >= 15 is 0 Å². The van der Waals surface area contributed by atoms with Gasteiger partial charge in [0.1, 0.15) is 5.82 Å². The van der Waals surface area contributed by atoms with Crippen LogP contribution in [0.5, 0.6) is 0 Å². The van der Waals surface area contributed by atoms with Crippen LogP contribution in [0.3, 0.4) is 0 Å². The molecule has 100 valence electrons. The summed E-state index contributed by atoms with van der Waals surface area (Å²) < 4.78 is 0. The molecule has 2 rings (SSSR count). The van der Waals surface area contributed by atoms with Crippen LogP contribution >= 0.6 is 0 Å². The van der Waals surface area contributed by atoms with Crippen molar-refractivity contribution in [3.05, 3.63) is 18.2 Å². The molecule has 1 aromatic rings. The van der Waals surface area contributed by atoms with Crippen molar-refractivity contribution in [3.8, 4) is 0 Å². The molecule has 0 atom stereocenters. The van der Waals surface area contributed by atoms with Crippen molar-refractivity contribution in [2.24, 2.45) is 5.92 Å². The Kier molecular flexibility index (Phi) is 5.24. The normalized spacial score (nSPS) is 16.0. The van der Waals surface area contributed by atoms with Gasteiger partial charge in [-0.15, -0.1) is 0 Å². The zero-order valence-corrected chi connectivity index (χ0v) is 11.0. The Morgan fingerprint density at radius 3 is 3.00 bits per heavy atom. The molecular weight excluding hydrogens is 226 g/mol. The fraction of sp³-hybridized carbons (Fsp3) is 0.714.